The molecule has 4 heterocycles. The molecule has 1 saturated heterocycles. The fourth-order valence-corrected chi connectivity index (χ4v) is 3.89. The largest absolute Gasteiger partial charge is 0.487 e. The summed E-state index contributed by atoms with van der Waals surface area (Å²) in [7, 11) is 0. The monoisotopic (exact) mass is 418 g/mol. The van der Waals surface area contributed by atoms with Crippen LogP contribution in [-0.2, 0) is 11.2 Å². The molecule has 1 aliphatic heterocycles. The number of hydrogen-bond acceptors (Lipinski definition) is 7. The van der Waals surface area contributed by atoms with Crippen LogP contribution in [0.1, 0.15) is 5.56 Å². The molecule has 5 rings (SSSR count). The van der Waals surface area contributed by atoms with Crippen LogP contribution in [0, 0.1) is 0 Å². The molecule has 1 amide bonds. The van der Waals surface area contributed by atoms with Gasteiger partial charge in [-0.2, -0.15) is 16.3 Å². The highest BCUT2D eigenvalue weighted by Crippen LogP contribution is 2.25. The number of amides is 1. The Hall–Kier alpha value is -3.52. The van der Waals surface area contributed by atoms with Crippen molar-refractivity contribution in [2.75, 3.05) is 13.1 Å². The highest BCUT2D eigenvalue weighted by molar-refractivity contribution is 7.08. The average Bonchev–Trinajstić information content (AvgIpc) is 3.44. The molecule has 30 heavy (non-hydrogen) atoms. The maximum Gasteiger partial charge on any atom is 0.259 e. The predicted octanol–water partition coefficient (Wildman–Crippen LogP) is 3.69. The number of likely N-dealkylation sites (tertiary alicyclic amines) is 1. The Morgan fingerprint density at radius 3 is 2.77 bits per heavy atom. The van der Waals surface area contributed by atoms with E-state index in [9.17, 15) is 4.79 Å². The summed E-state index contributed by atoms with van der Waals surface area (Å²) in [6.07, 6.45) is 3.85. The minimum atomic E-state index is 0.0182. The summed E-state index contributed by atoms with van der Waals surface area (Å²) in [5.41, 5.74) is 2.68. The summed E-state index contributed by atoms with van der Waals surface area (Å²) in [5, 5.41) is 8.04. The lowest BCUT2D eigenvalue weighted by atomic mass is 10.1. The molecule has 0 N–H and O–H groups in total. The molecule has 0 unspecified atom stereocenters. The van der Waals surface area contributed by atoms with Gasteiger partial charge in [0.1, 0.15) is 11.9 Å². The minimum Gasteiger partial charge on any atom is -0.487 e. The summed E-state index contributed by atoms with van der Waals surface area (Å²) in [5.74, 6) is 1.84. The van der Waals surface area contributed by atoms with Gasteiger partial charge in [-0.05, 0) is 58.8 Å². The first-order valence-corrected chi connectivity index (χ1v) is 10.5. The quantitative estimate of drug-likeness (QED) is 0.475. The number of nitrogens with zero attached hydrogens (tertiary/aromatic N) is 4. The van der Waals surface area contributed by atoms with Crippen LogP contribution in [0.2, 0.25) is 0 Å². The standard InChI is InChI=1S/C22H18N4O3S/c27-20(10-15-7-9-30-14-15)26-12-19(13-26)28-18-5-3-16(4-6-18)21-24-22(29-25-21)17-2-1-8-23-11-17/h1-9,11,14,19H,10,12-13H2. The van der Waals surface area contributed by atoms with E-state index < -0.39 is 0 Å². The van der Waals surface area contributed by atoms with E-state index in [2.05, 4.69) is 15.1 Å². The summed E-state index contributed by atoms with van der Waals surface area (Å²) in [4.78, 5) is 22.6. The van der Waals surface area contributed by atoms with Crippen LogP contribution < -0.4 is 4.74 Å². The molecule has 1 aliphatic rings. The number of pyridine rings is 1. The summed E-state index contributed by atoms with van der Waals surface area (Å²) in [6.45, 7) is 1.23. The van der Waals surface area contributed by atoms with Crippen LogP contribution in [-0.4, -0.2) is 45.1 Å². The molecule has 8 heteroatoms. The second-order valence-corrected chi connectivity index (χ2v) is 7.82. The third-order valence-corrected chi connectivity index (χ3v) is 5.62. The van der Waals surface area contributed by atoms with Gasteiger partial charge in [-0.1, -0.05) is 5.16 Å². The van der Waals surface area contributed by atoms with E-state index >= 15 is 0 Å². The van der Waals surface area contributed by atoms with E-state index in [0.29, 0.717) is 31.2 Å². The van der Waals surface area contributed by atoms with Gasteiger partial charge >= 0.3 is 0 Å². The fourth-order valence-electron chi connectivity index (χ4n) is 3.22. The highest BCUT2D eigenvalue weighted by Gasteiger charge is 2.32. The van der Waals surface area contributed by atoms with Gasteiger partial charge in [0, 0.05) is 18.0 Å². The SMILES string of the molecule is O=C(Cc1ccsc1)N1CC(Oc2ccc(-c3noc(-c4cccnc4)n3)cc2)C1. The Labute approximate surface area is 177 Å². The molecule has 0 saturated carbocycles. The van der Waals surface area contributed by atoms with Crippen molar-refractivity contribution in [1.82, 2.24) is 20.0 Å². The van der Waals surface area contributed by atoms with Crippen LogP contribution in [0.25, 0.3) is 22.8 Å². The molecule has 1 aromatic carbocycles. The Balaban J connectivity index is 1.16. The Kier molecular flexibility index (Phi) is 4.98. The Bertz CT molecular complexity index is 1120. The number of thiophene rings is 1. The smallest absolute Gasteiger partial charge is 0.259 e. The van der Waals surface area contributed by atoms with E-state index in [1.807, 2.05) is 58.1 Å². The lowest BCUT2D eigenvalue weighted by Crippen LogP contribution is -2.56. The number of benzene rings is 1. The third-order valence-electron chi connectivity index (χ3n) is 4.89. The van der Waals surface area contributed by atoms with E-state index in [-0.39, 0.29) is 12.0 Å². The molecule has 0 radical (unpaired) electrons. The highest BCUT2D eigenvalue weighted by atomic mass is 32.1. The van der Waals surface area contributed by atoms with Crippen molar-refractivity contribution >= 4 is 17.2 Å². The van der Waals surface area contributed by atoms with E-state index in [4.69, 9.17) is 9.26 Å². The second kappa shape index (κ2) is 8.08. The first-order chi connectivity index (χ1) is 14.7. The number of ether oxygens (including phenoxy) is 1. The number of aromatic nitrogens is 3. The first-order valence-electron chi connectivity index (χ1n) is 9.55. The van der Waals surface area contributed by atoms with Crippen LogP contribution in [0.4, 0.5) is 0 Å². The Morgan fingerprint density at radius 1 is 1.17 bits per heavy atom. The van der Waals surface area contributed by atoms with Crippen LogP contribution in [0.15, 0.2) is 70.1 Å². The van der Waals surface area contributed by atoms with Crippen molar-refractivity contribution in [3.8, 4) is 28.6 Å². The predicted molar refractivity (Wildman–Crippen MR) is 112 cm³/mol. The van der Waals surface area contributed by atoms with Gasteiger partial charge in [0.05, 0.1) is 25.1 Å². The number of carbonyl (C=O) groups excluding carboxylic acids is 1. The molecule has 0 spiro atoms. The van der Waals surface area contributed by atoms with Gasteiger partial charge < -0.3 is 14.2 Å². The molecule has 0 atom stereocenters. The minimum absolute atomic E-state index is 0.0182. The molecule has 1 fully saturated rings. The zero-order valence-electron chi connectivity index (χ0n) is 16.0. The van der Waals surface area contributed by atoms with Gasteiger partial charge in [0.2, 0.25) is 11.7 Å². The number of hydrogen-bond donors (Lipinski definition) is 0. The van der Waals surface area contributed by atoms with E-state index in [1.54, 1.807) is 23.7 Å². The summed E-state index contributed by atoms with van der Waals surface area (Å²) < 4.78 is 11.3. The zero-order chi connectivity index (χ0) is 20.3. The van der Waals surface area contributed by atoms with Crippen molar-refractivity contribution in [3.05, 3.63) is 71.2 Å². The zero-order valence-corrected chi connectivity index (χ0v) is 16.8. The first kappa shape index (κ1) is 18.5. The molecular weight excluding hydrogens is 400 g/mol. The van der Waals surface area contributed by atoms with Gasteiger partial charge in [-0.15, -0.1) is 0 Å². The van der Waals surface area contributed by atoms with Gasteiger partial charge in [-0.3, -0.25) is 9.78 Å². The van der Waals surface area contributed by atoms with Gasteiger partial charge in [0.25, 0.3) is 5.89 Å². The number of carbonyl (C=O) groups is 1. The molecule has 0 bridgehead atoms. The molecule has 0 aliphatic carbocycles. The summed E-state index contributed by atoms with van der Waals surface area (Å²) in [6, 6.07) is 13.2. The van der Waals surface area contributed by atoms with Crippen LogP contribution in [0.5, 0.6) is 5.75 Å². The third kappa shape index (κ3) is 3.95. The molecular formula is C22H18N4O3S. The van der Waals surface area contributed by atoms with Crippen molar-refractivity contribution in [3.63, 3.8) is 0 Å². The lowest BCUT2D eigenvalue weighted by molar-refractivity contribution is -0.139. The Morgan fingerprint density at radius 2 is 2.03 bits per heavy atom. The molecule has 7 nitrogen and oxygen atoms in total. The van der Waals surface area contributed by atoms with Crippen molar-refractivity contribution < 1.29 is 14.1 Å². The summed E-state index contributed by atoms with van der Waals surface area (Å²) >= 11 is 1.61. The maximum atomic E-state index is 12.2. The van der Waals surface area contributed by atoms with Crippen molar-refractivity contribution in [1.29, 1.82) is 0 Å². The maximum absolute atomic E-state index is 12.2. The molecule has 4 aromatic rings. The lowest BCUT2D eigenvalue weighted by Gasteiger charge is -2.39. The van der Waals surface area contributed by atoms with Gasteiger partial charge in [0.15, 0.2) is 0 Å². The average molecular weight is 418 g/mol. The van der Waals surface area contributed by atoms with Crippen LogP contribution in [0.3, 0.4) is 0 Å². The molecule has 3 aromatic heterocycles. The van der Waals surface area contributed by atoms with Crippen molar-refractivity contribution in [2.45, 2.75) is 12.5 Å². The van der Waals surface area contributed by atoms with E-state index in [0.717, 1.165) is 22.4 Å². The van der Waals surface area contributed by atoms with Crippen LogP contribution >= 0.6 is 11.3 Å². The number of rotatable bonds is 6. The van der Waals surface area contributed by atoms with E-state index in [1.165, 1.54) is 0 Å². The van der Waals surface area contributed by atoms with Crippen molar-refractivity contribution in [2.24, 2.45) is 0 Å². The second-order valence-electron chi connectivity index (χ2n) is 7.04. The normalized spacial score (nSPS) is 13.8. The van der Waals surface area contributed by atoms with Gasteiger partial charge in [-0.25, -0.2) is 0 Å². The fraction of sp³-hybridized carbons (Fsp3) is 0.182. The molecule has 150 valence electrons. The topological polar surface area (TPSA) is 81.4 Å².